The van der Waals surface area contributed by atoms with E-state index in [2.05, 4.69) is 6.92 Å². The fraction of sp³-hybridized carbons (Fsp3) is 0.600. The second-order valence-corrected chi connectivity index (χ2v) is 8.11. The standard InChI is InChI=1S/C20H27N3O5/c1-13-5-8-21(9-6-13)16-4-3-15(12-17(16)23(27)28)19(24)22-10-7-14(2)11-18(22)20(25)26/h3-4,12-14,18H,5-11H2,1-2H3,(H,25,26). The minimum atomic E-state index is -1.03. The molecule has 2 atom stereocenters. The molecule has 2 heterocycles. The number of anilines is 1. The van der Waals surface area contributed by atoms with E-state index in [0.29, 0.717) is 24.6 Å². The largest absolute Gasteiger partial charge is 0.480 e. The third-order valence-corrected chi connectivity index (χ3v) is 5.95. The zero-order chi connectivity index (χ0) is 20.4. The first kappa shape index (κ1) is 20.1. The number of amides is 1. The van der Waals surface area contributed by atoms with Gasteiger partial charge in [0, 0.05) is 31.3 Å². The molecule has 2 aliphatic rings. The number of carbonyl (C=O) groups is 2. The number of nitro benzene ring substituents is 1. The van der Waals surface area contributed by atoms with Crippen molar-refractivity contribution in [3.63, 3.8) is 0 Å². The highest BCUT2D eigenvalue weighted by Gasteiger charge is 2.36. The van der Waals surface area contributed by atoms with Crippen molar-refractivity contribution in [2.75, 3.05) is 24.5 Å². The number of benzene rings is 1. The summed E-state index contributed by atoms with van der Waals surface area (Å²) in [5.41, 5.74) is 0.592. The Morgan fingerprint density at radius 3 is 2.36 bits per heavy atom. The third-order valence-electron chi connectivity index (χ3n) is 5.95. The first-order valence-electron chi connectivity index (χ1n) is 9.85. The summed E-state index contributed by atoms with van der Waals surface area (Å²) in [7, 11) is 0. The minimum absolute atomic E-state index is 0.0994. The van der Waals surface area contributed by atoms with Crippen molar-refractivity contribution in [3.8, 4) is 0 Å². The molecule has 28 heavy (non-hydrogen) atoms. The quantitative estimate of drug-likeness (QED) is 0.627. The van der Waals surface area contributed by atoms with Crippen LogP contribution in [0.4, 0.5) is 11.4 Å². The third kappa shape index (κ3) is 4.10. The van der Waals surface area contributed by atoms with Crippen LogP contribution in [0.5, 0.6) is 0 Å². The van der Waals surface area contributed by atoms with Crippen molar-refractivity contribution in [3.05, 3.63) is 33.9 Å². The first-order valence-corrected chi connectivity index (χ1v) is 9.85. The highest BCUT2D eigenvalue weighted by Crippen LogP contribution is 2.33. The van der Waals surface area contributed by atoms with Gasteiger partial charge in [0.15, 0.2) is 0 Å². The molecule has 0 bridgehead atoms. The van der Waals surface area contributed by atoms with Crippen LogP contribution in [0.2, 0.25) is 0 Å². The Morgan fingerprint density at radius 1 is 1.11 bits per heavy atom. The number of nitrogens with zero attached hydrogens (tertiary/aromatic N) is 3. The predicted molar refractivity (Wildman–Crippen MR) is 105 cm³/mol. The normalized spacial score (nSPS) is 23.5. The number of nitro groups is 1. The van der Waals surface area contributed by atoms with Gasteiger partial charge in [0.2, 0.25) is 0 Å². The van der Waals surface area contributed by atoms with Crippen LogP contribution in [0.3, 0.4) is 0 Å². The molecular weight excluding hydrogens is 362 g/mol. The number of carbonyl (C=O) groups excluding carboxylic acids is 1. The fourth-order valence-corrected chi connectivity index (χ4v) is 4.10. The molecule has 8 heteroatoms. The monoisotopic (exact) mass is 389 g/mol. The van der Waals surface area contributed by atoms with Crippen molar-refractivity contribution in [1.82, 2.24) is 4.90 Å². The summed E-state index contributed by atoms with van der Waals surface area (Å²) in [6, 6.07) is 3.62. The van der Waals surface area contributed by atoms with Gasteiger partial charge in [-0.25, -0.2) is 4.79 Å². The van der Waals surface area contributed by atoms with Crippen LogP contribution >= 0.6 is 0 Å². The highest BCUT2D eigenvalue weighted by atomic mass is 16.6. The molecule has 0 aliphatic carbocycles. The summed E-state index contributed by atoms with van der Waals surface area (Å²) in [4.78, 5) is 39.1. The van der Waals surface area contributed by atoms with E-state index in [-0.39, 0.29) is 17.2 Å². The lowest BCUT2D eigenvalue weighted by atomic mass is 9.91. The zero-order valence-corrected chi connectivity index (χ0v) is 16.3. The average Bonchev–Trinajstić information content (AvgIpc) is 2.67. The molecule has 2 unspecified atom stereocenters. The lowest BCUT2D eigenvalue weighted by molar-refractivity contribution is -0.384. The van der Waals surface area contributed by atoms with E-state index < -0.39 is 22.8 Å². The second kappa shape index (κ2) is 8.16. The number of carboxylic acid groups (broad SMARTS) is 1. The lowest BCUT2D eigenvalue weighted by Gasteiger charge is -2.36. The van der Waals surface area contributed by atoms with Gasteiger partial charge in [0.05, 0.1) is 4.92 Å². The van der Waals surface area contributed by atoms with Crippen LogP contribution in [-0.4, -0.2) is 52.5 Å². The summed E-state index contributed by atoms with van der Waals surface area (Å²) >= 11 is 0. The predicted octanol–water partition coefficient (Wildman–Crippen LogP) is 3.16. The maximum Gasteiger partial charge on any atom is 0.326 e. The first-order chi connectivity index (χ1) is 13.3. The van der Waals surface area contributed by atoms with E-state index in [1.165, 1.54) is 11.0 Å². The number of piperidine rings is 2. The molecule has 0 radical (unpaired) electrons. The number of aliphatic carboxylic acids is 1. The Kier molecular flexibility index (Phi) is 5.86. The summed E-state index contributed by atoms with van der Waals surface area (Å²) in [6.07, 6.45) is 3.07. The molecule has 1 aromatic rings. The van der Waals surface area contributed by atoms with Crippen molar-refractivity contribution in [1.29, 1.82) is 0 Å². The Bertz CT molecular complexity index is 773. The van der Waals surface area contributed by atoms with Gasteiger partial charge in [0.1, 0.15) is 11.7 Å². The molecule has 0 saturated carbocycles. The van der Waals surface area contributed by atoms with Gasteiger partial charge in [-0.1, -0.05) is 13.8 Å². The van der Waals surface area contributed by atoms with Crippen LogP contribution in [0, 0.1) is 22.0 Å². The number of hydrogen-bond donors (Lipinski definition) is 1. The van der Waals surface area contributed by atoms with Crippen LogP contribution in [0.1, 0.15) is 49.9 Å². The molecule has 3 rings (SSSR count). The van der Waals surface area contributed by atoms with Crippen molar-refractivity contribution in [2.45, 2.75) is 45.6 Å². The van der Waals surface area contributed by atoms with Gasteiger partial charge in [-0.2, -0.15) is 0 Å². The van der Waals surface area contributed by atoms with Gasteiger partial charge in [-0.3, -0.25) is 14.9 Å². The Labute approximate surface area is 164 Å². The van der Waals surface area contributed by atoms with Crippen LogP contribution in [0.25, 0.3) is 0 Å². The van der Waals surface area contributed by atoms with E-state index in [1.54, 1.807) is 12.1 Å². The van der Waals surface area contributed by atoms with Crippen molar-refractivity contribution in [2.24, 2.45) is 11.8 Å². The van der Waals surface area contributed by atoms with E-state index >= 15 is 0 Å². The number of hydrogen-bond acceptors (Lipinski definition) is 5. The molecule has 0 spiro atoms. The van der Waals surface area contributed by atoms with Crippen LogP contribution in [-0.2, 0) is 4.79 Å². The highest BCUT2D eigenvalue weighted by molar-refractivity contribution is 5.98. The summed E-state index contributed by atoms with van der Waals surface area (Å²) in [6.45, 7) is 5.99. The number of carboxylic acids is 1. The Morgan fingerprint density at radius 2 is 1.75 bits per heavy atom. The average molecular weight is 389 g/mol. The smallest absolute Gasteiger partial charge is 0.326 e. The fourth-order valence-electron chi connectivity index (χ4n) is 4.10. The number of likely N-dealkylation sites (tertiary alicyclic amines) is 1. The molecule has 2 aliphatic heterocycles. The summed E-state index contributed by atoms with van der Waals surface area (Å²) in [5.74, 6) is -0.663. The summed E-state index contributed by atoms with van der Waals surface area (Å²) in [5, 5.41) is 21.1. The molecule has 1 N–H and O–H groups in total. The SMILES string of the molecule is CC1CCN(c2ccc(C(=O)N3CCC(C)CC3C(=O)O)cc2[N+](=O)[O-])CC1. The van der Waals surface area contributed by atoms with E-state index in [1.807, 2.05) is 11.8 Å². The lowest BCUT2D eigenvalue weighted by Crippen LogP contribution is -2.49. The van der Waals surface area contributed by atoms with Gasteiger partial charge >= 0.3 is 5.97 Å². The molecule has 8 nitrogen and oxygen atoms in total. The van der Waals surface area contributed by atoms with Crippen molar-refractivity contribution < 1.29 is 19.6 Å². The van der Waals surface area contributed by atoms with Crippen LogP contribution < -0.4 is 4.90 Å². The molecular formula is C20H27N3O5. The maximum absolute atomic E-state index is 13.0. The molecule has 2 saturated heterocycles. The minimum Gasteiger partial charge on any atom is -0.480 e. The van der Waals surface area contributed by atoms with Gasteiger partial charge in [0.25, 0.3) is 11.6 Å². The van der Waals surface area contributed by atoms with E-state index in [9.17, 15) is 24.8 Å². The maximum atomic E-state index is 13.0. The molecule has 1 amide bonds. The van der Waals surface area contributed by atoms with Gasteiger partial charge in [-0.05, 0) is 49.7 Å². The van der Waals surface area contributed by atoms with E-state index in [4.69, 9.17) is 0 Å². The van der Waals surface area contributed by atoms with Gasteiger partial charge < -0.3 is 14.9 Å². The van der Waals surface area contributed by atoms with Crippen molar-refractivity contribution >= 4 is 23.3 Å². The molecule has 1 aromatic carbocycles. The topological polar surface area (TPSA) is 104 Å². The second-order valence-electron chi connectivity index (χ2n) is 8.11. The Hall–Kier alpha value is -2.64. The summed E-state index contributed by atoms with van der Waals surface area (Å²) < 4.78 is 0. The molecule has 0 aromatic heterocycles. The van der Waals surface area contributed by atoms with E-state index in [0.717, 1.165) is 32.4 Å². The zero-order valence-electron chi connectivity index (χ0n) is 16.3. The van der Waals surface area contributed by atoms with Gasteiger partial charge in [-0.15, -0.1) is 0 Å². The van der Waals surface area contributed by atoms with Crippen LogP contribution in [0.15, 0.2) is 18.2 Å². The number of rotatable bonds is 4. The molecule has 152 valence electrons. The Balaban J connectivity index is 1.88. The molecule has 2 fully saturated rings.